The Morgan fingerprint density at radius 2 is 1.85 bits per heavy atom. The van der Waals surface area contributed by atoms with Crippen molar-refractivity contribution in [2.24, 2.45) is 0 Å². The van der Waals surface area contributed by atoms with Crippen LogP contribution >= 0.6 is 11.6 Å². The predicted octanol–water partition coefficient (Wildman–Crippen LogP) is 5.13. The molecule has 1 fully saturated rings. The number of halogens is 2. The molecule has 0 unspecified atom stereocenters. The number of anilines is 2. The third kappa shape index (κ3) is 4.67. The van der Waals surface area contributed by atoms with Gasteiger partial charge >= 0.3 is 6.03 Å². The molecule has 6 heteroatoms. The molecule has 0 spiro atoms. The van der Waals surface area contributed by atoms with Gasteiger partial charge in [0, 0.05) is 31.7 Å². The van der Waals surface area contributed by atoms with Crippen molar-refractivity contribution in [1.29, 1.82) is 0 Å². The van der Waals surface area contributed by atoms with E-state index in [0.29, 0.717) is 11.6 Å². The maximum atomic E-state index is 13.0. The summed E-state index contributed by atoms with van der Waals surface area (Å²) in [5.41, 5.74) is 2.58. The average molecular weight is 376 g/mol. The summed E-state index contributed by atoms with van der Waals surface area (Å²) in [5, 5.41) is 3.55. The van der Waals surface area contributed by atoms with Crippen molar-refractivity contribution in [3.63, 3.8) is 0 Å². The molecule has 0 atom stereocenters. The second kappa shape index (κ2) is 8.41. The molecule has 138 valence electrons. The summed E-state index contributed by atoms with van der Waals surface area (Å²) in [4.78, 5) is 16.5. The van der Waals surface area contributed by atoms with Crippen LogP contribution < -0.4 is 10.2 Å². The van der Waals surface area contributed by atoms with Gasteiger partial charge in [-0.05, 0) is 55.2 Å². The predicted molar refractivity (Wildman–Crippen MR) is 104 cm³/mol. The van der Waals surface area contributed by atoms with E-state index < -0.39 is 0 Å². The minimum absolute atomic E-state index is 0.227. The number of nitrogens with zero attached hydrogens (tertiary/aromatic N) is 2. The molecule has 3 rings (SSSR count). The van der Waals surface area contributed by atoms with Crippen LogP contribution in [0.15, 0.2) is 42.5 Å². The molecule has 2 aromatic carbocycles. The molecule has 1 aliphatic heterocycles. The molecule has 0 saturated carbocycles. The van der Waals surface area contributed by atoms with Gasteiger partial charge in [-0.1, -0.05) is 23.7 Å². The monoisotopic (exact) mass is 375 g/mol. The lowest BCUT2D eigenvalue weighted by Crippen LogP contribution is -2.33. The van der Waals surface area contributed by atoms with Gasteiger partial charge in [0.25, 0.3) is 0 Å². The van der Waals surface area contributed by atoms with Crippen molar-refractivity contribution in [2.75, 3.05) is 30.4 Å². The maximum Gasteiger partial charge on any atom is 0.321 e. The normalized spacial score (nSPS) is 14.2. The first kappa shape index (κ1) is 18.5. The van der Waals surface area contributed by atoms with E-state index in [1.165, 1.54) is 18.6 Å². The summed E-state index contributed by atoms with van der Waals surface area (Å²) < 4.78 is 13.0. The highest BCUT2D eigenvalue weighted by Crippen LogP contribution is 2.31. The number of benzene rings is 2. The Kier molecular flexibility index (Phi) is 5.99. The SMILES string of the molecule is CN(Cc1ccc(F)cc1)C(=O)Nc1cc(Cl)ccc1N1CCCCC1. The number of urea groups is 1. The Labute approximate surface area is 158 Å². The number of carbonyl (C=O) groups excluding carboxylic acids is 1. The lowest BCUT2D eigenvalue weighted by molar-refractivity contribution is 0.220. The highest BCUT2D eigenvalue weighted by atomic mass is 35.5. The zero-order chi connectivity index (χ0) is 18.5. The van der Waals surface area contributed by atoms with Crippen molar-refractivity contribution in [2.45, 2.75) is 25.8 Å². The minimum Gasteiger partial charge on any atom is -0.370 e. The molecule has 4 nitrogen and oxygen atoms in total. The highest BCUT2D eigenvalue weighted by molar-refractivity contribution is 6.31. The van der Waals surface area contributed by atoms with E-state index in [-0.39, 0.29) is 11.8 Å². The minimum atomic E-state index is -0.286. The van der Waals surface area contributed by atoms with Gasteiger partial charge in [0.05, 0.1) is 11.4 Å². The first-order valence-corrected chi connectivity index (χ1v) is 9.22. The van der Waals surface area contributed by atoms with Crippen LogP contribution in [-0.4, -0.2) is 31.1 Å². The van der Waals surface area contributed by atoms with Crippen LogP contribution in [0.1, 0.15) is 24.8 Å². The van der Waals surface area contributed by atoms with Crippen LogP contribution in [-0.2, 0) is 6.54 Å². The van der Waals surface area contributed by atoms with Crippen LogP contribution in [0.2, 0.25) is 5.02 Å². The molecule has 1 aliphatic rings. The third-order valence-corrected chi connectivity index (χ3v) is 4.81. The first-order chi connectivity index (χ1) is 12.5. The fourth-order valence-corrected chi connectivity index (χ4v) is 3.34. The van der Waals surface area contributed by atoms with E-state index in [4.69, 9.17) is 11.6 Å². The van der Waals surface area contributed by atoms with Crippen LogP contribution in [0, 0.1) is 5.82 Å². The zero-order valence-electron chi connectivity index (χ0n) is 14.8. The highest BCUT2D eigenvalue weighted by Gasteiger charge is 2.17. The number of nitrogens with one attached hydrogen (secondary N) is 1. The molecule has 0 aromatic heterocycles. The van der Waals surface area contributed by atoms with Gasteiger partial charge in [0.1, 0.15) is 5.82 Å². The molecule has 0 aliphatic carbocycles. The standard InChI is InChI=1S/C20H23ClFN3O/c1-24(14-15-5-8-17(22)9-6-15)20(26)23-18-13-16(21)7-10-19(18)25-11-3-2-4-12-25/h5-10,13H,2-4,11-12,14H2,1H3,(H,23,26). The Bertz CT molecular complexity index is 760. The van der Waals surface area contributed by atoms with Gasteiger partial charge in [-0.25, -0.2) is 9.18 Å². The summed E-state index contributed by atoms with van der Waals surface area (Å²) in [6, 6.07) is 11.5. The fourth-order valence-electron chi connectivity index (χ4n) is 3.17. The van der Waals surface area contributed by atoms with Gasteiger partial charge in [-0.3, -0.25) is 0 Å². The van der Waals surface area contributed by atoms with E-state index in [1.54, 1.807) is 30.1 Å². The molecule has 0 radical (unpaired) electrons. The molecule has 0 bridgehead atoms. The Hall–Kier alpha value is -2.27. The van der Waals surface area contributed by atoms with Gasteiger partial charge in [0.2, 0.25) is 0 Å². The van der Waals surface area contributed by atoms with E-state index in [1.807, 2.05) is 12.1 Å². The molecular weight excluding hydrogens is 353 g/mol. The van der Waals surface area contributed by atoms with Crippen molar-refractivity contribution in [3.8, 4) is 0 Å². The largest absolute Gasteiger partial charge is 0.370 e. The molecule has 1 heterocycles. The van der Waals surface area contributed by atoms with Crippen LogP contribution in [0.25, 0.3) is 0 Å². The molecule has 26 heavy (non-hydrogen) atoms. The summed E-state index contributed by atoms with van der Waals surface area (Å²) >= 11 is 6.14. The van der Waals surface area contributed by atoms with Crippen molar-refractivity contribution >= 4 is 29.0 Å². The molecule has 1 N–H and O–H groups in total. The second-order valence-electron chi connectivity index (χ2n) is 6.62. The van der Waals surface area contributed by atoms with Crippen LogP contribution in [0.3, 0.4) is 0 Å². The van der Waals surface area contributed by atoms with Crippen molar-refractivity contribution in [3.05, 3.63) is 58.9 Å². The van der Waals surface area contributed by atoms with Gasteiger partial charge in [-0.2, -0.15) is 0 Å². The number of piperidine rings is 1. The first-order valence-electron chi connectivity index (χ1n) is 8.84. The number of amides is 2. The quantitative estimate of drug-likeness (QED) is 0.803. The van der Waals surface area contributed by atoms with Gasteiger partial charge in [0.15, 0.2) is 0 Å². The second-order valence-corrected chi connectivity index (χ2v) is 7.06. The van der Waals surface area contributed by atoms with Crippen LogP contribution in [0.4, 0.5) is 20.6 Å². The van der Waals surface area contributed by atoms with Gasteiger partial charge in [-0.15, -0.1) is 0 Å². The lowest BCUT2D eigenvalue weighted by atomic mass is 10.1. The van der Waals surface area contributed by atoms with E-state index in [2.05, 4.69) is 10.2 Å². The van der Waals surface area contributed by atoms with E-state index >= 15 is 0 Å². The van der Waals surface area contributed by atoms with Crippen molar-refractivity contribution in [1.82, 2.24) is 4.90 Å². The summed E-state index contributed by atoms with van der Waals surface area (Å²) in [6.45, 7) is 2.36. The number of hydrogen-bond acceptors (Lipinski definition) is 2. The Morgan fingerprint density at radius 3 is 2.54 bits per heavy atom. The van der Waals surface area contributed by atoms with Crippen LogP contribution in [0.5, 0.6) is 0 Å². The number of rotatable bonds is 4. The summed E-state index contributed by atoms with van der Waals surface area (Å²) in [7, 11) is 1.71. The Balaban J connectivity index is 1.71. The smallest absolute Gasteiger partial charge is 0.321 e. The Morgan fingerprint density at radius 1 is 1.15 bits per heavy atom. The number of hydrogen-bond donors (Lipinski definition) is 1. The summed E-state index contributed by atoms with van der Waals surface area (Å²) in [5.74, 6) is -0.286. The molecular formula is C20H23ClFN3O. The maximum absolute atomic E-state index is 13.0. The average Bonchev–Trinajstić information content (AvgIpc) is 2.64. The molecule has 2 aromatic rings. The molecule has 2 amide bonds. The third-order valence-electron chi connectivity index (χ3n) is 4.58. The van der Waals surface area contributed by atoms with E-state index in [9.17, 15) is 9.18 Å². The van der Waals surface area contributed by atoms with Gasteiger partial charge < -0.3 is 15.1 Å². The lowest BCUT2D eigenvalue weighted by Gasteiger charge is -2.31. The fraction of sp³-hybridized carbons (Fsp3) is 0.350. The number of carbonyl (C=O) groups is 1. The topological polar surface area (TPSA) is 35.6 Å². The molecule has 1 saturated heterocycles. The summed E-state index contributed by atoms with van der Waals surface area (Å²) in [6.07, 6.45) is 3.55. The van der Waals surface area contributed by atoms with E-state index in [0.717, 1.165) is 42.9 Å². The zero-order valence-corrected chi connectivity index (χ0v) is 15.6. The van der Waals surface area contributed by atoms with Crippen molar-refractivity contribution < 1.29 is 9.18 Å².